The molecule has 5 heteroatoms. The lowest BCUT2D eigenvalue weighted by Gasteiger charge is -2.22. The summed E-state index contributed by atoms with van der Waals surface area (Å²) in [6, 6.07) is 16.2. The number of hydrogen-bond acceptors (Lipinski definition) is 3. The predicted molar refractivity (Wildman–Crippen MR) is 104 cm³/mol. The normalized spacial score (nSPS) is 15.7. The molecule has 2 aromatic carbocycles. The van der Waals surface area contributed by atoms with Crippen molar-refractivity contribution in [2.24, 2.45) is 0 Å². The number of rotatable bonds is 3. The summed E-state index contributed by atoms with van der Waals surface area (Å²) in [5.41, 5.74) is 2.70. The quantitative estimate of drug-likeness (QED) is 0.712. The van der Waals surface area contributed by atoms with Gasteiger partial charge in [0.05, 0.1) is 5.52 Å². The van der Waals surface area contributed by atoms with Crippen LogP contribution in [-0.2, 0) is 6.54 Å². The minimum atomic E-state index is -0.211. The van der Waals surface area contributed by atoms with Crippen LogP contribution >= 0.6 is 0 Å². The standard InChI is InChI=1S/C22H22FN3O/c23-20-7-4-17(5-8-20)16-25-11-2-12-26(14-13-25)22(27)19-6-9-21-18(15-19)3-1-10-24-21/h1,3-10,15H,2,11-14,16H2. The fraction of sp³-hybridized carbons (Fsp3) is 0.273. The molecule has 1 aliphatic heterocycles. The van der Waals surface area contributed by atoms with Crippen LogP contribution in [-0.4, -0.2) is 46.9 Å². The number of carbonyl (C=O) groups excluding carboxylic acids is 1. The Morgan fingerprint density at radius 1 is 1.00 bits per heavy atom. The highest BCUT2D eigenvalue weighted by atomic mass is 19.1. The third kappa shape index (κ3) is 4.14. The molecule has 138 valence electrons. The molecule has 2 heterocycles. The molecule has 27 heavy (non-hydrogen) atoms. The summed E-state index contributed by atoms with van der Waals surface area (Å²) >= 11 is 0. The number of pyridine rings is 1. The van der Waals surface area contributed by atoms with Gasteiger partial charge in [-0.05, 0) is 48.4 Å². The van der Waals surface area contributed by atoms with Crippen molar-refractivity contribution < 1.29 is 9.18 Å². The highest BCUT2D eigenvalue weighted by Crippen LogP contribution is 2.17. The summed E-state index contributed by atoms with van der Waals surface area (Å²) in [5.74, 6) is -0.138. The van der Waals surface area contributed by atoms with Gasteiger partial charge in [0.15, 0.2) is 0 Å². The summed E-state index contributed by atoms with van der Waals surface area (Å²) in [5, 5.41) is 0.983. The predicted octanol–water partition coefficient (Wildman–Crippen LogP) is 3.72. The zero-order chi connectivity index (χ0) is 18.6. The second-order valence-electron chi connectivity index (χ2n) is 6.96. The first-order valence-corrected chi connectivity index (χ1v) is 9.30. The molecule has 1 aromatic heterocycles. The van der Waals surface area contributed by atoms with E-state index in [1.807, 2.05) is 47.4 Å². The monoisotopic (exact) mass is 363 g/mol. The van der Waals surface area contributed by atoms with Crippen molar-refractivity contribution in [1.82, 2.24) is 14.8 Å². The Morgan fingerprint density at radius 2 is 1.85 bits per heavy atom. The number of hydrogen-bond donors (Lipinski definition) is 0. The highest BCUT2D eigenvalue weighted by molar-refractivity contribution is 5.97. The van der Waals surface area contributed by atoms with Gasteiger partial charge in [0.1, 0.15) is 5.82 Å². The Balaban J connectivity index is 1.42. The van der Waals surface area contributed by atoms with Crippen molar-refractivity contribution in [2.45, 2.75) is 13.0 Å². The van der Waals surface area contributed by atoms with E-state index in [0.717, 1.165) is 49.1 Å². The van der Waals surface area contributed by atoms with Crippen molar-refractivity contribution in [2.75, 3.05) is 26.2 Å². The van der Waals surface area contributed by atoms with Crippen LogP contribution in [0.5, 0.6) is 0 Å². The van der Waals surface area contributed by atoms with E-state index in [4.69, 9.17) is 0 Å². The summed E-state index contributed by atoms with van der Waals surface area (Å²) in [4.78, 5) is 21.5. The lowest BCUT2D eigenvalue weighted by Crippen LogP contribution is -2.35. The van der Waals surface area contributed by atoms with Gasteiger partial charge in [-0.25, -0.2) is 4.39 Å². The Hall–Kier alpha value is -2.79. The Morgan fingerprint density at radius 3 is 2.70 bits per heavy atom. The number of halogens is 1. The Bertz CT molecular complexity index is 942. The lowest BCUT2D eigenvalue weighted by atomic mass is 10.1. The van der Waals surface area contributed by atoms with E-state index < -0.39 is 0 Å². The first-order valence-electron chi connectivity index (χ1n) is 9.30. The average Bonchev–Trinajstić information content (AvgIpc) is 2.94. The molecule has 1 aliphatic rings. The second-order valence-corrected chi connectivity index (χ2v) is 6.96. The van der Waals surface area contributed by atoms with Crippen LogP contribution < -0.4 is 0 Å². The van der Waals surface area contributed by atoms with E-state index >= 15 is 0 Å². The van der Waals surface area contributed by atoms with Gasteiger partial charge in [-0.1, -0.05) is 18.2 Å². The summed E-state index contributed by atoms with van der Waals surface area (Å²) in [6.07, 6.45) is 2.69. The Labute approximate surface area is 158 Å². The van der Waals surface area contributed by atoms with Crippen LogP contribution in [0.15, 0.2) is 60.8 Å². The van der Waals surface area contributed by atoms with E-state index in [-0.39, 0.29) is 11.7 Å². The van der Waals surface area contributed by atoms with Crippen molar-refractivity contribution in [3.8, 4) is 0 Å². The SMILES string of the molecule is O=C(c1ccc2ncccc2c1)N1CCCN(Cc2ccc(F)cc2)CC1. The topological polar surface area (TPSA) is 36.4 Å². The van der Waals surface area contributed by atoms with Gasteiger partial charge in [0.2, 0.25) is 0 Å². The molecular weight excluding hydrogens is 341 g/mol. The van der Waals surface area contributed by atoms with E-state index in [1.54, 1.807) is 6.20 Å². The third-order valence-corrected chi connectivity index (χ3v) is 5.05. The molecule has 0 bridgehead atoms. The molecule has 1 fully saturated rings. The number of nitrogens with zero attached hydrogens (tertiary/aromatic N) is 3. The molecule has 0 atom stereocenters. The molecule has 4 nitrogen and oxygen atoms in total. The molecule has 0 aliphatic carbocycles. The molecular formula is C22H22FN3O. The third-order valence-electron chi connectivity index (χ3n) is 5.05. The maximum Gasteiger partial charge on any atom is 0.253 e. The van der Waals surface area contributed by atoms with Crippen LogP contribution in [0.1, 0.15) is 22.3 Å². The first-order chi connectivity index (χ1) is 13.2. The summed E-state index contributed by atoms with van der Waals surface area (Å²) < 4.78 is 13.1. The van der Waals surface area contributed by atoms with Crippen LogP contribution in [0.25, 0.3) is 10.9 Å². The molecule has 4 rings (SSSR count). The number of benzene rings is 2. The maximum absolute atomic E-state index is 13.1. The molecule has 3 aromatic rings. The minimum Gasteiger partial charge on any atom is -0.337 e. The van der Waals surface area contributed by atoms with E-state index in [1.165, 1.54) is 12.1 Å². The average molecular weight is 363 g/mol. The van der Waals surface area contributed by atoms with Crippen molar-refractivity contribution in [1.29, 1.82) is 0 Å². The van der Waals surface area contributed by atoms with Crippen molar-refractivity contribution in [3.63, 3.8) is 0 Å². The zero-order valence-electron chi connectivity index (χ0n) is 15.1. The summed E-state index contributed by atoms with van der Waals surface area (Å²) in [6.45, 7) is 3.99. The Kier molecular flexibility index (Phi) is 5.12. The fourth-order valence-electron chi connectivity index (χ4n) is 3.57. The number of carbonyl (C=O) groups is 1. The second kappa shape index (κ2) is 7.84. The van der Waals surface area contributed by atoms with E-state index in [9.17, 15) is 9.18 Å². The van der Waals surface area contributed by atoms with Gasteiger partial charge in [0.25, 0.3) is 5.91 Å². The molecule has 0 unspecified atom stereocenters. The van der Waals surface area contributed by atoms with Gasteiger partial charge >= 0.3 is 0 Å². The van der Waals surface area contributed by atoms with Gasteiger partial charge < -0.3 is 4.90 Å². The zero-order valence-corrected chi connectivity index (χ0v) is 15.1. The van der Waals surface area contributed by atoms with Crippen LogP contribution in [0.4, 0.5) is 4.39 Å². The smallest absolute Gasteiger partial charge is 0.253 e. The molecule has 1 amide bonds. The van der Waals surface area contributed by atoms with Crippen molar-refractivity contribution in [3.05, 3.63) is 77.7 Å². The van der Waals surface area contributed by atoms with Crippen LogP contribution in [0, 0.1) is 5.82 Å². The van der Waals surface area contributed by atoms with E-state index in [2.05, 4.69) is 9.88 Å². The van der Waals surface area contributed by atoms with Crippen LogP contribution in [0.3, 0.4) is 0 Å². The lowest BCUT2D eigenvalue weighted by molar-refractivity contribution is 0.0761. The molecule has 1 saturated heterocycles. The van der Waals surface area contributed by atoms with Gasteiger partial charge in [-0.2, -0.15) is 0 Å². The number of aromatic nitrogens is 1. The fourth-order valence-corrected chi connectivity index (χ4v) is 3.57. The highest BCUT2D eigenvalue weighted by Gasteiger charge is 2.20. The van der Waals surface area contributed by atoms with E-state index in [0.29, 0.717) is 12.1 Å². The van der Waals surface area contributed by atoms with Gasteiger partial charge in [-0.3, -0.25) is 14.7 Å². The van der Waals surface area contributed by atoms with Crippen LogP contribution in [0.2, 0.25) is 0 Å². The number of amides is 1. The molecule has 0 N–H and O–H groups in total. The van der Waals surface area contributed by atoms with Gasteiger partial charge in [-0.15, -0.1) is 0 Å². The van der Waals surface area contributed by atoms with Gasteiger partial charge in [0, 0.05) is 49.9 Å². The van der Waals surface area contributed by atoms with Crippen molar-refractivity contribution >= 4 is 16.8 Å². The first kappa shape index (κ1) is 17.6. The molecule has 0 saturated carbocycles. The minimum absolute atomic E-state index is 0.0735. The maximum atomic E-state index is 13.1. The number of fused-ring (bicyclic) bond motifs is 1. The molecule has 0 radical (unpaired) electrons. The summed E-state index contributed by atoms with van der Waals surface area (Å²) in [7, 11) is 0. The largest absolute Gasteiger partial charge is 0.337 e. The molecule has 0 spiro atoms.